The molecule has 0 saturated heterocycles. The quantitative estimate of drug-likeness (QED) is 0.410. The number of hydrogen-bond acceptors (Lipinski definition) is 5. The highest BCUT2D eigenvalue weighted by Gasteiger charge is 2.31. The number of benzene rings is 3. The highest BCUT2D eigenvalue weighted by atomic mass is 19.4. The summed E-state index contributed by atoms with van der Waals surface area (Å²) in [5.41, 5.74) is -0.736. The van der Waals surface area contributed by atoms with E-state index in [0.717, 1.165) is 22.3 Å². The molecule has 1 N–H and O–H groups in total. The number of nitrogens with zero attached hydrogens (tertiary/aromatic N) is 2. The van der Waals surface area contributed by atoms with E-state index in [9.17, 15) is 22.8 Å². The van der Waals surface area contributed by atoms with Gasteiger partial charge in [-0.3, -0.25) is 14.2 Å². The summed E-state index contributed by atoms with van der Waals surface area (Å²) >= 11 is 0. The Balaban J connectivity index is 1.65. The van der Waals surface area contributed by atoms with Crippen LogP contribution in [0.4, 0.5) is 13.2 Å². The predicted octanol–water partition coefficient (Wildman–Crippen LogP) is 4.39. The molecule has 0 aliphatic carbocycles. The van der Waals surface area contributed by atoms with Gasteiger partial charge in [0.2, 0.25) is 0 Å². The SMILES string of the molecule is COc1ccc(CCNC(=O)c2nc3ccccc3n(-c3cccc(C(F)(F)F)c3)c2=O)cc1OC. The van der Waals surface area contributed by atoms with Crippen LogP contribution in [0.25, 0.3) is 16.7 Å². The van der Waals surface area contributed by atoms with Gasteiger partial charge >= 0.3 is 6.18 Å². The van der Waals surface area contributed by atoms with E-state index in [1.807, 2.05) is 6.07 Å². The molecule has 1 heterocycles. The maximum atomic E-state index is 13.3. The van der Waals surface area contributed by atoms with Gasteiger partial charge in [0.1, 0.15) is 0 Å². The van der Waals surface area contributed by atoms with E-state index < -0.39 is 28.9 Å². The second kappa shape index (κ2) is 10.1. The summed E-state index contributed by atoms with van der Waals surface area (Å²) in [6, 6.07) is 16.2. The van der Waals surface area contributed by atoms with Crippen LogP contribution in [0.1, 0.15) is 21.6 Å². The van der Waals surface area contributed by atoms with Gasteiger partial charge in [0.05, 0.1) is 30.8 Å². The summed E-state index contributed by atoms with van der Waals surface area (Å²) in [7, 11) is 3.05. The summed E-state index contributed by atoms with van der Waals surface area (Å²) < 4.78 is 51.4. The Morgan fingerprint density at radius 3 is 2.44 bits per heavy atom. The number of aromatic nitrogens is 2. The van der Waals surface area contributed by atoms with Crippen molar-refractivity contribution < 1.29 is 27.4 Å². The summed E-state index contributed by atoms with van der Waals surface area (Å²) in [4.78, 5) is 30.4. The van der Waals surface area contributed by atoms with Gasteiger partial charge in [0.15, 0.2) is 17.2 Å². The normalized spacial score (nSPS) is 11.4. The third-order valence-electron chi connectivity index (χ3n) is 5.55. The molecule has 0 saturated carbocycles. The van der Waals surface area contributed by atoms with Crippen molar-refractivity contribution in [2.24, 2.45) is 0 Å². The summed E-state index contributed by atoms with van der Waals surface area (Å²) in [6.07, 6.45) is -4.16. The zero-order chi connectivity index (χ0) is 25.9. The number of ether oxygens (including phenoxy) is 2. The Bertz CT molecular complexity index is 1480. The molecule has 0 radical (unpaired) electrons. The van der Waals surface area contributed by atoms with Crippen molar-refractivity contribution in [3.05, 3.63) is 93.9 Å². The maximum absolute atomic E-state index is 13.3. The van der Waals surface area contributed by atoms with Gasteiger partial charge < -0.3 is 14.8 Å². The van der Waals surface area contributed by atoms with Crippen LogP contribution in [-0.4, -0.2) is 36.2 Å². The molecule has 0 atom stereocenters. The number of rotatable bonds is 7. The first-order chi connectivity index (χ1) is 17.2. The molecule has 7 nitrogen and oxygen atoms in total. The Labute approximate surface area is 204 Å². The topological polar surface area (TPSA) is 82.5 Å². The molecule has 0 aliphatic rings. The van der Waals surface area contributed by atoms with E-state index >= 15 is 0 Å². The molecule has 186 valence electrons. The van der Waals surface area contributed by atoms with E-state index in [2.05, 4.69) is 10.3 Å². The lowest BCUT2D eigenvalue weighted by atomic mass is 10.1. The fraction of sp³-hybridized carbons (Fsp3) is 0.192. The van der Waals surface area contributed by atoms with Gasteiger partial charge in [0, 0.05) is 12.2 Å². The number of hydrogen-bond donors (Lipinski definition) is 1. The highest BCUT2D eigenvalue weighted by molar-refractivity contribution is 5.94. The van der Waals surface area contributed by atoms with Crippen molar-refractivity contribution in [3.63, 3.8) is 0 Å². The molecule has 1 amide bonds. The number of halogens is 3. The highest BCUT2D eigenvalue weighted by Crippen LogP contribution is 2.31. The first-order valence-electron chi connectivity index (χ1n) is 10.9. The van der Waals surface area contributed by atoms with E-state index in [1.54, 1.807) is 36.4 Å². The number of alkyl halides is 3. The molecule has 10 heteroatoms. The fourth-order valence-corrected chi connectivity index (χ4v) is 3.80. The number of nitrogens with one attached hydrogen (secondary N) is 1. The minimum atomic E-state index is -4.59. The van der Waals surface area contributed by atoms with Crippen LogP contribution in [0.3, 0.4) is 0 Å². The number of amides is 1. The van der Waals surface area contributed by atoms with Gasteiger partial charge in [0.25, 0.3) is 11.5 Å². The van der Waals surface area contributed by atoms with Gasteiger partial charge in [-0.1, -0.05) is 24.3 Å². The first-order valence-corrected chi connectivity index (χ1v) is 10.9. The number of para-hydroxylation sites is 2. The summed E-state index contributed by atoms with van der Waals surface area (Å²) in [5.74, 6) is 0.384. The Kier molecular flexibility index (Phi) is 6.96. The smallest absolute Gasteiger partial charge is 0.416 e. The lowest BCUT2D eigenvalue weighted by Crippen LogP contribution is -2.35. The van der Waals surface area contributed by atoms with Crippen molar-refractivity contribution in [1.82, 2.24) is 14.9 Å². The van der Waals surface area contributed by atoms with Crippen molar-refractivity contribution >= 4 is 16.9 Å². The lowest BCUT2D eigenvalue weighted by molar-refractivity contribution is -0.137. The van der Waals surface area contributed by atoms with Crippen LogP contribution in [0.5, 0.6) is 11.5 Å². The predicted molar refractivity (Wildman–Crippen MR) is 128 cm³/mol. The molecule has 0 unspecified atom stereocenters. The monoisotopic (exact) mass is 497 g/mol. The zero-order valence-corrected chi connectivity index (χ0v) is 19.4. The molecular formula is C26H22F3N3O4. The first kappa shape index (κ1) is 24.8. The molecule has 0 bridgehead atoms. The second-order valence-corrected chi connectivity index (χ2v) is 7.83. The molecule has 1 aromatic heterocycles. The average molecular weight is 497 g/mol. The Morgan fingerprint density at radius 1 is 0.972 bits per heavy atom. The van der Waals surface area contributed by atoms with Crippen LogP contribution >= 0.6 is 0 Å². The number of fused-ring (bicyclic) bond motifs is 1. The van der Waals surface area contributed by atoms with Crippen LogP contribution in [0.15, 0.2) is 71.5 Å². The van der Waals surface area contributed by atoms with E-state index in [-0.39, 0.29) is 17.7 Å². The number of methoxy groups -OCH3 is 2. The summed E-state index contributed by atoms with van der Waals surface area (Å²) in [5, 5.41) is 2.67. The van der Waals surface area contributed by atoms with Gasteiger partial charge in [-0.25, -0.2) is 4.98 Å². The van der Waals surface area contributed by atoms with E-state index in [1.165, 1.54) is 26.4 Å². The lowest BCUT2D eigenvalue weighted by Gasteiger charge is -2.14. The molecule has 4 aromatic rings. The van der Waals surface area contributed by atoms with Crippen LogP contribution in [0, 0.1) is 0 Å². The third-order valence-corrected chi connectivity index (χ3v) is 5.55. The molecule has 0 fully saturated rings. The van der Waals surface area contributed by atoms with E-state index in [4.69, 9.17) is 9.47 Å². The fourth-order valence-electron chi connectivity index (χ4n) is 3.80. The molecule has 0 spiro atoms. The molecule has 3 aromatic carbocycles. The third kappa shape index (κ3) is 5.02. The van der Waals surface area contributed by atoms with Crippen molar-refractivity contribution in [1.29, 1.82) is 0 Å². The van der Waals surface area contributed by atoms with Crippen molar-refractivity contribution in [3.8, 4) is 17.2 Å². The number of carbonyl (C=O) groups excluding carboxylic acids is 1. The van der Waals surface area contributed by atoms with Crippen molar-refractivity contribution in [2.75, 3.05) is 20.8 Å². The molecule has 36 heavy (non-hydrogen) atoms. The Hall–Kier alpha value is -4.34. The second-order valence-electron chi connectivity index (χ2n) is 7.83. The average Bonchev–Trinajstić information content (AvgIpc) is 2.87. The minimum absolute atomic E-state index is 0.0206. The number of carbonyl (C=O) groups is 1. The Morgan fingerprint density at radius 2 is 1.72 bits per heavy atom. The van der Waals surface area contributed by atoms with Gasteiger partial charge in [-0.2, -0.15) is 13.2 Å². The van der Waals surface area contributed by atoms with Crippen molar-refractivity contribution in [2.45, 2.75) is 12.6 Å². The van der Waals surface area contributed by atoms with E-state index in [0.29, 0.717) is 23.4 Å². The van der Waals surface area contributed by atoms with Gasteiger partial charge in [-0.15, -0.1) is 0 Å². The molecular weight excluding hydrogens is 475 g/mol. The van der Waals surface area contributed by atoms with Crippen LogP contribution < -0.4 is 20.3 Å². The van der Waals surface area contributed by atoms with Gasteiger partial charge in [-0.05, 0) is 54.4 Å². The van der Waals surface area contributed by atoms with Crippen LogP contribution in [-0.2, 0) is 12.6 Å². The molecule has 0 aliphatic heterocycles. The summed E-state index contributed by atoms with van der Waals surface area (Å²) in [6.45, 7) is 0.186. The minimum Gasteiger partial charge on any atom is -0.493 e. The molecule has 4 rings (SSSR count). The zero-order valence-electron chi connectivity index (χ0n) is 19.4. The largest absolute Gasteiger partial charge is 0.493 e. The maximum Gasteiger partial charge on any atom is 0.416 e. The standard InChI is InChI=1S/C26H22F3N3O4/c1-35-21-11-10-16(14-22(21)36-2)12-13-30-24(33)23-25(34)32(20-9-4-3-8-19(20)31-23)18-7-5-6-17(15-18)26(27,28)29/h3-11,14-15H,12-13H2,1-2H3,(H,30,33). The van der Waals surface area contributed by atoms with Crippen LogP contribution in [0.2, 0.25) is 0 Å².